The molecule has 0 aliphatic rings. The van der Waals surface area contributed by atoms with Gasteiger partial charge in [-0.05, 0) is 23.5 Å². The molecular weight excluding hydrogens is 240 g/mol. The van der Waals surface area contributed by atoms with Gasteiger partial charge >= 0.3 is 5.69 Å². The predicted octanol–water partition coefficient (Wildman–Crippen LogP) is 2.37. The Labute approximate surface area is 112 Å². The van der Waals surface area contributed by atoms with Gasteiger partial charge < -0.3 is 4.98 Å². The minimum atomic E-state index is -0.336. The quantitative estimate of drug-likeness (QED) is 0.921. The number of aromatic nitrogens is 2. The van der Waals surface area contributed by atoms with E-state index in [0.29, 0.717) is 23.4 Å². The van der Waals surface area contributed by atoms with Crippen molar-refractivity contribution in [1.82, 2.24) is 9.55 Å². The summed E-state index contributed by atoms with van der Waals surface area (Å²) in [7, 11) is 0. The maximum Gasteiger partial charge on any atom is 0.328 e. The average molecular weight is 260 g/mol. The van der Waals surface area contributed by atoms with Crippen molar-refractivity contribution in [3.63, 3.8) is 0 Å². The molecule has 1 aromatic heterocycles. The molecule has 4 heteroatoms. The molecular formula is C15H20N2O2. The minimum absolute atomic E-state index is 0.112. The molecule has 0 atom stereocenters. The molecule has 102 valence electrons. The van der Waals surface area contributed by atoms with Crippen LogP contribution < -0.4 is 11.2 Å². The van der Waals surface area contributed by atoms with Gasteiger partial charge in [0.25, 0.3) is 5.56 Å². The summed E-state index contributed by atoms with van der Waals surface area (Å²) < 4.78 is 1.31. The Balaban J connectivity index is 2.62. The molecule has 0 bridgehead atoms. The molecule has 0 aliphatic heterocycles. The van der Waals surface area contributed by atoms with Crippen molar-refractivity contribution in [2.24, 2.45) is 11.3 Å². The molecule has 2 aromatic rings. The third-order valence-electron chi connectivity index (χ3n) is 4.02. The van der Waals surface area contributed by atoms with Gasteiger partial charge in [-0.25, -0.2) is 4.79 Å². The first-order valence-corrected chi connectivity index (χ1v) is 6.55. The van der Waals surface area contributed by atoms with E-state index >= 15 is 0 Å². The summed E-state index contributed by atoms with van der Waals surface area (Å²) in [5, 5.41) is 0.557. The Hall–Kier alpha value is -1.84. The van der Waals surface area contributed by atoms with Crippen LogP contribution in [0.5, 0.6) is 0 Å². The summed E-state index contributed by atoms with van der Waals surface area (Å²) >= 11 is 0. The molecule has 1 N–H and O–H groups in total. The van der Waals surface area contributed by atoms with Gasteiger partial charge in [0, 0.05) is 6.54 Å². The third kappa shape index (κ3) is 2.48. The highest BCUT2D eigenvalue weighted by atomic mass is 16.2. The molecule has 0 fully saturated rings. The molecule has 2 rings (SSSR count). The van der Waals surface area contributed by atoms with E-state index < -0.39 is 0 Å². The molecule has 4 nitrogen and oxygen atoms in total. The molecule has 0 unspecified atom stereocenters. The highest BCUT2D eigenvalue weighted by Crippen LogP contribution is 2.27. The summed E-state index contributed by atoms with van der Waals surface area (Å²) in [6.45, 7) is 8.75. The van der Waals surface area contributed by atoms with Crippen molar-refractivity contribution in [3.05, 3.63) is 45.1 Å². The van der Waals surface area contributed by atoms with Crippen LogP contribution >= 0.6 is 0 Å². The second-order valence-corrected chi connectivity index (χ2v) is 6.01. The summed E-state index contributed by atoms with van der Waals surface area (Å²) in [6.07, 6.45) is 0. The Morgan fingerprint density at radius 1 is 1.21 bits per heavy atom. The monoisotopic (exact) mass is 260 g/mol. The second-order valence-electron chi connectivity index (χ2n) is 6.01. The van der Waals surface area contributed by atoms with Crippen LogP contribution in [0.3, 0.4) is 0 Å². The van der Waals surface area contributed by atoms with E-state index in [1.54, 1.807) is 24.3 Å². The fraction of sp³-hybridized carbons (Fsp3) is 0.467. The largest absolute Gasteiger partial charge is 0.328 e. The van der Waals surface area contributed by atoms with Gasteiger partial charge in [-0.15, -0.1) is 0 Å². The number of aromatic amines is 1. The van der Waals surface area contributed by atoms with Crippen LogP contribution in [0.2, 0.25) is 0 Å². The van der Waals surface area contributed by atoms with Gasteiger partial charge in [-0.3, -0.25) is 9.36 Å². The van der Waals surface area contributed by atoms with Crippen molar-refractivity contribution in [2.45, 2.75) is 34.2 Å². The lowest BCUT2D eigenvalue weighted by molar-refractivity contribution is 0.204. The predicted molar refractivity (Wildman–Crippen MR) is 77.4 cm³/mol. The number of fused-ring (bicyclic) bond motifs is 1. The van der Waals surface area contributed by atoms with E-state index in [1.807, 2.05) is 0 Å². The normalized spacial score (nSPS) is 12.3. The molecule has 0 amide bonds. The Morgan fingerprint density at radius 2 is 1.84 bits per heavy atom. The zero-order valence-electron chi connectivity index (χ0n) is 11.9. The summed E-state index contributed by atoms with van der Waals surface area (Å²) in [4.78, 5) is 27.2. The van der Waals surface area contributed by atoms with E-state index in [1.165, 1.54) is 4.57 Å². The van der Waals surface area contributed by atoms with Gasteiger partial charge in [0.15, 0.2) is 0 Å². The number of para-hydroxylation sites is 1. The molecule has 1 aromatic carbocycles. The lowest BCUT2D eigenvalue weighted by Gasteiger charge is -2.29. The van der Waals surface area contributed by atoms with Crippen LogP contribution in [-0.2, 0) is 6.54 Å². The average Bonchev–Trinajstić information content (AvgIpc) is 2.34. The minimum Gasteiger partial charge on any atom is -0.307 e. The van der Waals surface area contributed by atoms with Crippen LogP contribution in [0.15, 0.2) is 33.9 Å². The SMILES string of the molecule is CC(C)C(C)(C)Cn1c(=O)[nH]c2ccccc2c1=O. The number of H-pyrrole nitrogens is 1. The van der Waals surface area contributed by atoms with E-state index in [-0.39, 0.29) is 16.7 Å². The van der Waals surface area contributed by atoms with E-state index in [0.717, 1.165) is 0 Å². The first kappa shape index (κ1) is 13.6. The summed E-state index contributed by atoms with van der Waals surface area (Å²) in [5.41, 5.74) is -0.0687. The van der Waals surface area contributed by atoms with Crippen molar-refractivity contribution in [3.8, 4) is 0 Å². The lowest BCUT2D eigenvalue weighted by atomic mass is 9.81. The van der Waals surface area contributed by atoms with E-state index in [4.69, 9.17) is 0 Å². The van der Waals surface area contributed by atoms with Crippen molar-refractivity contribution in [2.75, 3.05) is 0 Å². The highest BCUT2D eigenvalue weighted by molar-refractivity contribution is 5.76. The van der Waals surface area contributed by atoms with Crippen molar-refractivity contribution >= 4 is 10.9 Å². The fourth-order valence-corrected chi connectivity index (χ4v) is 1.93. The second kappa shape index (κ2) is 4.68. The molecule has 1 heterocycles. The summed E-state index contributed by atoms with van der Waals surface area (Å²) in [5.74, 6) is 0.380. The molecule has 0 saturated heterocycles. The summed E-state index contributed by atoms with van der Waals surface area (Å²) in [6, 6.07) is 7.10. The fourth-order valence-electron chi connectivity index (χ4n) is 1.93. The number of nitrogens with zero attached hydrogens (tertiary/aromatic N) is 1. The van der Waals surface area contributed by atoms with Crippen molar-refractivity contribution < 1.29 is 0 Å². The van der Waals surface area contributed by atoms with Gasteiger partial charge in [0.1, 0.15) is 0 Å². The number of hydrogen-bond donors (Lipinski definition) is 1. The zero-order valence-corrected chi connectivity index (χ0v) is 11.9. The molecule has 0 aliphatic carbocycles. The van der Waals surface area contributed by atoms with Gasteiger partial charge in [0.05, 0.1) is 10.9 Å². The lowest BCUT2D eigenvalue weighted by Crippen LogP contribution is -2.40. The number of rotatable bonds is 3. The third-order valence-corrected chi connectivity index (χ3v) is 4.02. The maximum absolute atomic E-state index is 12.4. The smallest absolute Gasteiger partial charge is 0.307 e. The first-order chi connectivity index (χ1) is 8.83. The Bertz CT molecular complexity index is 708. The van der Waals surface area contributed by atoms with Crippen LogP contribution in [-0.4, -0.2) is 9.55 Å². The van der Waals surface area contributed by atoms with E-state index in [9.17, 15) is 9.59 Å². The molecule has 0 radical (unpaired) electrons. The molecule has 0 spiro atoms. The molecule has 19 heavy (non-hydrogen) atoms. The first-order valence-electron chi connectivity index (χ1n) is 6.55. The standard InChI is InChI=1S/C15H20N2O2/c1-10(2)15(3,4)9-17-13(18)11-7-5-6-8-12(11)16-14(17)19/h5-8,10H,9H2,1-4H3,(H,16,19). The Morgan fingerprint density at radius 3 is 2.47 bits per heavy atom. The van der Waals surface area contributed by atoms with E-state index in [2.05, 4.69) is 32.7 Å². The number of nitrogens with one attached hydrogen (secondary N) is 1. The molecule has 0 saturated carbocycles. The van der Waals surface area contributed by atoms with Gasteiger partial charge in [0.2, 0.25) is 0 Å². The number of benzene rings is 1. The van der Waals surface area contributed by atoms with Crippen molar-refractivity contribution in [1.29, 1.82) is 0 Å². The van der Waals surface area contributed by atoms with Crippen LogP contribution in [0.4, 0.5) is 0 Å². The van der Waals surface area contributed by atoms with Crippen LogP contribution in [0.25, 0.3) is 10.9 Å². The van der Waals surface area contributed by atoms with Gasteiger partial charge in [-0.1, -0.05) is 39.8 Å². The highest BCUT2D eigenvalue weighted by Gasteiger charge is 2.24. The Kier molecular flexibility index (Phi) is 3.35. The number of hydrogen-bond acceptors (Lipinski definition) is 2. The van der Waals surface area contributed by atoms with Gasteiger partial charge in [-0.2, -0.15) is 0 Å². The van der Waals surface area contributed by atoms with Crippen LogP contribution in [0, 0.1) is 11.3 Å². The van der Waals surface area contributed by atoms with Crippen LogP contribution in [0.1, 0.15) is 27.7 Å². The zero-order chi connectivity index (χ0) is 14.2. The maximum atomic E-state index is 12.4. The topological polar surface area (TPSA) is 54.9 Å².